The SMILES string of the molecule is NCCc1nc(-c2ccc3nccnc3c2)no1. The van der Waals surface area contributed by atoms with Crippen molar-refractivity contribution >= 4 is 11.0 Å². The lowest BCUT2D eigenvalue weighted by Crippen LogP contribution is -2.02. The van der Waals surface area contributed by atoms with E-state index in [1.54, 1.807) is 12.4 Å². The highest BCUT2D eigenvalue weighted by Gasteiger charge is 2.08. The summed E-state index contributed by atoms with van der Waals surface area (Å²) in [4.78, 5) is 12.7. The molecule has 0 spiro atoms. The van der Waals surface area contributed by atoms with Crippen LogP contribution < -0.4 is 5.73 Å². The lowest BCUT2D eigenvalue weighted by atomic mass is 10.2. The van der Waals surface area contributed by atoms with Gasteiger partial charge in [-0.05, 0) is 18.2 Å². The molecule has 0 fully saturated rings. The van der Waals surface area contributed by atoms with E-state index in [1.807, 2.05) is 18.2 Å². The molecule has 0 unspecified atom stereocenters. The van der Waals surface area contributed by atoms with Gasteiger partial charge in [0, 0.05) is 30.9 Å². The first-order valence-electron chi connectivity index (χ1n) is 5.60. The molecule has 0 saturated carbocycles. The summed E-state index contributed by atoms with van der Waals surface area (Å²) >= 11 is 0. The predicted molar refractivity (Wildman–Crippen MR) is 65.6 cm³/mol. The molecule has 6 nitrogen and oxygen atoms in total. The first kappa shape index (κ1) is 10.8. The molecule has 0 aliphatic heterocycles. The minimum Gasteiger partial charge on any atom is -0.339 e. The molecule has 0 atom stereocenters. The van der Waals surface area contributed by atoms with Crippen LogP contribution in [0.2, 0.25) is 0 Å². The quantitative estimate of drug-likeness (QED) is 0.740. The van der Waals surface area contributed by atoms with E-state index in [4.69, 9.17) is 10.3 Å². The second kappa shape index (κ2) is 4.50. The maximum absolute atomic E-state index is 5.44. The molecule has 0 bridgehead atoms. The number of fused-ring (bicyclic) bond motifs is 1. The molecule has 2 heterocycles. The van der Waals surface area contributed by atoms with E-state index in [1.165, 1.54) is 0 Å². The molecule has 1 aromatic carbocycles. The van der Waals surface area contributed by atoms with Crippen LogP contribution >= 0.6 is 0 Å². The van der Waals surface area contributed by atoms with Gasteiger partial charge in [-0.1, -0.05) is 5.16 Å². The highest BCUT2D eigenvalue weighted by Crippen LogP contribution is 2.19. The Bertz CT molecular complexity index is 679. The maximum Gasteiger partial charge on any atom is 0.228 e. The molecule has 2 aromatic heterocycles. The number of hydrogen-bond donors (Lipinski definition) is 1. The van der Waals surface area contributed by atoms with Gasteiger partial charge >= 0.3 is 0 Å². The molecule has 90 valence electrons. The average molecular weight is 241 g/mol. The van der Waals surface area contributed by atoms with Gasteiger partial charge in [-0.2, -0.15) is 4.98 Å². The highest BCUT2D eigenvalue weighted by molar-refractivity contribution is 5.79. The first-order valence-corrected chi connectivity index (χ1v) is 5.60. The largest absolute Gasteiger partial charge is 0.339 e. The molecule has 0 aliphatic carbocycles. The topological polar surface area (TPSA) is 90.7 Å². The van der Waals surface area contributed by atoms with Gasteiger partial charge in [0.05, 0.1) is 11.0 Å². The third-order valence-corrected chi connectivity index (χ3v) is 2.55. The normalized spacial score (nSPS) is 10.9. The van der Waals surface area contributed by atoms with Gasteiger partial charge in [0.2, 0.25) is 11.7 Å². The summed E-state index contributed by atoms with van der Waals surface area (Å²) in [5, 5.41) is 3.92. The molecule has 2 N–H and O–H groups in total. The van der Waals surface area contributed by atoms with Crippen molar-refractivity contribution in [2.45, 2.75) is 6.42 Å². The fraction of sp³-hybridized carbons (Fsp3) is 0.167. The second-order valence-electron chi connectivity index (χ2n) is 3.81. The molecule has 0 aliphatic rings. The second-order valence-corrected chi connectivity index (χ2v) is 3.81. The number of nitrogens with zero attached hydrogens (tertiary/aromatic N) is 4. The van der Waals surface area contributed by atoms with Crippen LogP contribution in [0.1, 0.15) is 5.89 Å². The van der Waals surface area contributed by atoms with Crippen molar-refractivity contribution in [3.8, 4) is 11.4 Å². The first-order chi connectivity index (χ1) is 8.86. The Morgan fingerprint density at radius 1 is 1.11 bits per heavy atom. The van der Waals surface area contributed by atoms with E-state index in [2.05, 4.69) is 20.1 Å². The summed E-state index contributed by atoms with van der Waals surface area (Å²) in [5.41, 5.74) is 7.94. The predicted octanol–water partition coefficient (Wildman–Crippen LogP) is 1.18. The third-order valence-electron chi connectivity index (χ3n) is 2.55. The molecule has 3 aromatic rings. The molecule has 0 amide bonds. The number of nitrogens with two attached hydrogens (primary N) is 1. The smallest absolute Gasteiger partial charge is 0.228 e. The van der Waals surface area contributed by atoms with E-state index >= 15 is 0 Å². The fourth-order valence-electron chi connectivity index (χ4n) is 1.70. The Hall–Kier alpha value is -2.34. The zero-order chi connectivity index (χ0) is 12.4. The van der Waals surface area contributed by atoms with Gasteiger partial charge in [0.25, 0.3) is 0 Å². The summed E-state index contributed by atoms with van der Waals surface area (Å²) in [6, 6.07) is 5.67. The standard InChI is InChI=1S/C12H11N5O/c13-4-3-11-16-12(17-18-11)8-1-2-9-10(7-8)15-6-5-14-9/h1-2,5-7H,3-4,13H2. The summed E-state index contributed by atoms with van der Waals surface area (Å²) in [6.07, 6.45) is 3.90. The summed E-state index contributed by atoms with van der Waals surface area (Å²) in [7, 11) is 0. The molecule has 0 saturated heterocycles. The zero-order valence-electron chi connectivity index (χ0n) is 9.58. The zero-order valence-corrected chi connectivity index (χ0v) is 9.58. The van der Waals surface area contributed by atoms with Crippen molar-refractivity contribution in [2.24, 2.45) is 5.73 Å². The number of rotatable bonds is 3. The van der Waals surface area contributed by atoms with E-state index in [-0.39, 0.29) is 0 Å². The molecule has 18 heavy (non-hydrogen) atoms. The number of hydrogen-bond acceptors (Lipinski definition) is 6. The lowest BCUT2D eigenvalue weighted by Gasteiger charge is -1.97. The minimum absolute atomic E-state index is 0.491. The van der Waals surface area contributed by atoms with Gasteiger partial charge < -0.3 is 10.3 Å². The summed E-state index contributed by atoms with van der Waals surface area (Å²) in [5.74, 6) is 1.10. The van der Waals surface area contributed by atoms with Crippen LogP contribution in [-0.4, -0.2) is 26.7 Å². The monoisotopic (exact) mass is 241 g/mol. The Morgan fingerprint density at radius 2 is 1.94 bits per heavy atom. The van der Waals surface area contributed by atoms with Crippen molar-refractivity contribution in [3.63, 3.8) is 0 Å². The van der Waals surface area contributed by atoms with E-state index < -0.39 is 0 Å². The van der Waals surface area contributed by atoms with Gasteiger partial charge in [-0.15, -0.1) is 0 Å². The Morgan fingerprint density at radius 3 is 2.78 bits per heavy atom. The van der Waals surface area contributed by atoms with Crippen LogP contribution in [0.25, 0.3) is 22.4 Å². The number of benzene rings is 1. The maximum atomic E-state index is 5.44. The molecular weight excluding hydrogens is 230 g/mol. The van der Waals surface area contributed by atoms with Gasteiger partial charge in [0.1, 0.15) is 0 Å². The van der Waals surface area contributed by atoms with Crippen LogP contribution in [0.3, 0.4) is 0 Å². The van der Waals surface area contributed by atoms with Crippen LogP contribution in [0.15, 0.2) is 35.1 Å². The molecule has 0 radical (unpaired) electrons. The fourth-order valence-corrected chi connectivity index (χ4v) is 1.70. The highest BCUT2D eigenvalue weighted by atomic mass is 16.5. The van der Waals surface area contributed by atoms with Gasteiger partial charge in [-0.25, -0.2) is 0 Å². The Labute approximate surface area is 103 Å². The van der Waals surface area contributed by atoms with E-state index in [9.17, 15) is 0 Å². The molecule has 6 heteroatoms. The van der Waals surface area contributed by atoms with Crippen molar-refractivity contribution in [3.05, 3.63) is 36.5 Å². The van der Waals surface area contributed by atoms with Crippen LogP contribution in [0.4, 0.5) is 0 Å². The third kappa shape index (κ3) is 1.93. The molecule has 3 rings (SSSR count). The van der Waals surface area contributed by atoms with Gasteiger partial charge in [0.15, 0.2) is 0 Å². The van der Waals surface area contributed by atoms with Gasteiger partial charge in [-0.3, -0.25) is 9.97 Å². The van der Waals surface area contributed by atoms with Crippen molar-refractivity contribution < 1.29 is 4.52 Å². The molecular formula is C12H11N5O. The number of aromatic nitrogens is 4. The summed E-state index contributed by atoms with van der Waals surface area (Å²) < 4.78 is 5.09. The minimum atomic E-state index is 0.491. The lowest BCUT2D eigenvalue weighted by molar-refractivity contribution is 0.380. The average Bonchev–Trinajstić information content (AvgIpc) is 2.87. The Kier molecular flexibility index (Phi) is 2.70. The van der Waals surface area contributed by atoms with E-state index in [0.29, 0.717) is 24.7 Å². The van der Waals surface area contributed by atoms with E-state index in [0.717, 1.165) is 16.6 Å². The van der Waals surface area contributed by atoms with Crippen molar-refractivity contribution in [2.75, 3.05) is 6.54 Å². The van der Waals surface area contributed by atoms with Crippen molar-refractivity contribution in [1.82, 2.24) is 20.1 Å². The van der Waals surface area contributed by atoms with Crippen molar-refractivity contribution in [1.29, 1.82) is 0 Å². The summed E-state index contributed by atoms with van der Waals surface area (Å²) in [6.45, 7) is 0.491. The van der Waals surface area contributed by atoms with Crippen LogP contribution in [-0.2, 0) is 6.42 Å². The Balaban J connectivity index is 2.02. The van der Waals surface area contributed by atoms with Crippen LogP contribution in [0.5, 0.6) is 0 Å². The van der Waals surface area contributed by atoms with Crippen LogP contribution in [0, 0.1) is 0 Å².